The number of ketones is 1. The molecule has 1 N–H and O–H groups in total. The van der Waals surface area contributed by atoms with Gasteiger partial charge in [0.25, 0.3) is 5.69 Å². The molecule has 0 saturated heterocycles. The van der Waals surface area contributed by atoms with Gasteiger partial charge in [-0.3, -0.25) is 14.9 Å². The van der Waals surface area contributed by atoms with Gasteiger partial charge < -0.3 is 5.11 Å². The Balaban J connectivity index is 2.73. The standard InChI is InChI=1S/C11H13NO4/c1-2-10(13)7-11(14)8-3-5-9(6-4-8)12(15)16/h3-6,11,14H,2,7H2,1H3. The summed E-state index contributed by atoms with van der Waals surface area (Å²) in [4.78, 5) is 21.0. The minimum absolute atomic E-state index is 0.0298. The van der Waals surface area contributed by atoms with E-state index in [1.807, 2.05) is 0 Å². The fourth-order valence-electron chi connectivity index (χ4n) is 1.30. The quantitative estimate of drug-likeness (QED) is 0.611. The molecule has 1 aromatic carbocycles. The molecule has 1 unspecified atom stereocenters. The first-order chi connectivity index (χ1) is 7.54. The highest BCUT2D eigenvalue weighted by atomic mass is 16.6. The van der Waals surface area contributed by atoms with Gasteiger partial charge in [-0.1, -0.05) is 6.92 Å². The van der Waals surface area contributed by atoms with Gasteiger partial charge in [-0.25, -0.2) is 0 Å². The van der Waals surface area contributed by atoms with Crippen molar-refractivity contribution in [2.24, 2.45) is 0 Å². The lowest BCUT2D eigenvalue weighted by molar-refractivity contribution is -0.384. The Hall–Kier alpha value is -1.75. The van der Waals surface area contributed by atoms with Crippen LogP contribution in [0.25, 0.3) is 0 Å². The number of nitro groups is 1. The number of hydrogen-bond donors (Lipinski definition) is 1. The summed E-state index contributed by atoms with van der Waals surface area (Å²) in [6.07, 6.45) is -0.452. The summed E-state index contributed by atoms with van der Waals surface area (Å²) in [6.45, 7) is 1.73. The number of Topliss-reactive ketones (excluding diaryl/α,β-unsaturated/α-hetero) is 1. The van der Waals surface area contributed by atoms with Gasteiger partial charge in [0.15, 0.2) is 0 Å². The van der Waals surface area contributed by atoms with Crippen molar-refractivity contribution in [3.63, 3.8) is 0 Å². The molecule has 86 valence electrons. The Morgan fingerprint density at radius 3 is 2.44 bits per heavy atom. The van der Waals surface area contributed by atoms with E-state index in [0.29, 0.717) is 12.0 Å². The molecular formula is C11H13NO4. The number of aliphatic hydroxyl groups is 1. The van der Waals surface area contributed by atoms with Gasteiger partial charge in [0.1, 0.15) is 5.78 Å². The van der Waals surface area contributed by atoms with Crippen LogP contribution in [0.3, 0.4) is 0 Å². The minimum Gasteiger partial charge on any atom is -0.388 e. The highest BCUT2D eigenvalue weighted by molar-refractivity contribution is 5.78. The predicted molar refractivity (Wildman–Crippen MR) is 58.0 cm³/mol. The lowest BCUT2D eigenvalue weighted by Crippen LogP contribution is -2.05. The third kappa shape index (κ3) is 3.13. The first kappa shape index (κ1) is 12.3. The van der Waals surface area contributed by atoms with Crippen molar-refractivity contribution in [1.82, 2.24) is 0 Å². The van der Waals surface area contributed by atoms with Crippen LogP contribution in [0.2, 0.25) is 0 Å². The molecule has 0 fully saturated rings. The largest absolute Gasteiger partial charge is 0.388 e. The van der Waals surface area contributed by atoms with Gasteiger partial charge in [-0.05, 0) is 17.7 Å². The average molecular weight is 223 g/mol. The normalized spacial score (nSPS) is 12.1. The molecule has 1 rings (SSSR count). The van der Waals surface area contributed by atoms with Crippen molar-refractivity contribution in [1.29, 1.82) is 0 Å². The smallest absolute Gasteiger partial charge is 0.269 e. The number of benzene rings is 1. The van der Waals surface area contributed by atoms with Crippen LogP contribution < -0.4 is 0 Å². The van der Waals surface area contributed by atoms with Crippen molar-refractivity contribution in [3.05, 3.63) is 39.9 Å². The number of aliphatic hydroxyl groups excluding tert-OH is 1. The summed E-state index contributed by atoms with van der Waals surface area (Å²) in [6, 6.07) is 5.56. The monoisotopic (exact) mass is 223 g/mol. The van der Waals surface area contributed by atoms with E-state index in [2.05, 4.69) is 0 Å². The molecule has 5 nitrogen and oxygen atoms in total. The van der Waals surface area contributed by atoms with E-state index in [4.69, 9.17) is 0 Å². The SMILES string of the molecule is CCC(=O)CC(O)c1ccc([N+](=O)[O-])cc1. The maximum absolute atomic E-state index is 11.1. The molecule has 0 aliphatic carbocycles. The number of carbonyl (C=O) groups excluding carboxylic acids is 1. The van der Waals surface area contributed by atoms with Crippen LogP contribution in [0.4, 0.5) is 5.69 Å². The van der Waals surface area contributed by atoms with Crippen molar-refractivity contribution >= 4 is 11.5 Å². The van der Waals surface area contributed by atoms with Crippen LogP contribution >= 0.6 is 0 Å². The van der Waals surface area contributed by atoms with Crippen molar-refractivity contribution in [2.45, 2.75) is 25.9 Å². The number of nitrogens with zero attached hydrogens (tertiary/aromatic N) is 1. The van der Waals surface area contributed by atoms with E-state index in [0.717, 1.165) is 0 Å². The molecule has 16 heavy (non-hydrogen) atoms. The van der Waals surface area contributed by atoms with Crippen molar-refractivity contribution in [3.8, 4) is 0 Å². The Bertz CT molecular complexity index is 385. The molecule has 0 heterocycles. The number of non-ortho nitro benzene ring substituents is 1. The predicted octanol–water partition coefficient (Wildman–Crippen LogP) is 2.00. The van der Waals surface area contributed by atoms with E-state index < -0.39 is 11.0 Å². The Morgan fingerprint density at radius 1 is 1.44 bits per heavy atom. The van der Waals surface area contributed by atoms with Crippen LogP contribution in [0, 0.1) is 10.1 Å². The van der Waals surface area contributed by atoms with Gasteiger partial charge in [0.2, 0.25) is 0 Å². The molecule has 0 bridgehead atoms. The maximum Gasteiger partial charge on any atom is 0.269 e. The van der Waals surface area contributed by atoms with E-state index in [1.165, 1.54) is 24.3 Å². The topological polar surface area (TPSA) is 80.4 Å². The second-order valence-corrected chi connectivity index (χ2v) is 3.46. The molecule has 0 saturated carbocycles. The van der Waals surface area contributed by atoms with Crippen LogP contribution in [0.1, 0.15) is 31.4 Å². The van der Waals surface area contributed by atoms with Crippen LogP contribution in [0.5, 0.6) is 0 Å². The third-order valence-corrected chi connectivity index (χ3v) is 2.30. The van der Waals surface area contributed by atoms with Gasteiger partial charge >= 0.3 is 0 Å². The van der Waals surface area contributed by atoms with E-state index in [9.17, 15) is 20.0 Å². The maximum atomic E-state index is 11.1. The molecule has 0 amide bonds. The molecule has 1 atom stereocenters. The zero-order valence-corrected chi connectivity index (χ0v) is 8.92. The summed E-state index contributed by atoms with van der Waals surface area (Å²) in [7, 11) is 0. The Kier molecular flexibility index (Phi) is 4.13. The number of rotatable bonds is 5. The lowest BCUT2D eigenvalue weighted by atomic mass is 10.0. The molecule has 1 aromatic rings. The molecule has 0 aliphatic rings. The van der Waals surface area contributed by atoms with E-state index >= 15 is 0 Å². The van der Waals surface area contributed by atoms with E-state index in [-0.39, 0.29) is 17.9 Å². The fourth-order valence-corrected chi connectivity index (χ4v) is 1.30. The fraction of sp³-hybridized carbons (Fsp3) is 0.364. The van der Waals surface area contributed by atoms with Gasteiger partial charge in [-0.15, -0.1) is 0 Å². The Labute approximate surface area is 92.9 Å². The van der Waals surface area contributed by atoms with Crippen molar-refractivity contribution in [2.75, 3.05) is 0 Å². The van der Waals surface area contributed by atoms with Crippen LogP contribution in [-0.2, 0) is 4.79 Å². The zero-order valence-electron chi connectivity index (χ0n) is 8.92. The Morgan fingerprint density at radius 2 is 2.00 bits per heavy atom. The second kappa shape index (κ2) is 5.37. The number of carbonyl (C=O) groups is 1. The third-order valence-electron chi connectivity index (χ3n) is 2.30. The van der Waals surface area contributed by atoms with E-state index in [1.54, 1.807) is 6.92 Å². The van der Waals surface area contributed by atoms with Crippen molar-refractivity contribution < 1.29 is 14.8 Å². The lowest BCUT2D eigenvalue weighted by Gasteiger charge is -2.08. The molecular weight excluding hydrogens is 210 g/mol. The van der Waals surface area contributed by atoms with Gasteiger partial charge in [-0.2, -0.15) is 0 Å². The molecule has 5 heteroatoms. The minimum atomic E-state index is -0.881. The summed E-state index contributed by atoms with van der Waals surface area (Å²) in [5.74, 6) is -0.0362. The van der Waals surface area contributed by atoms with Gasteiger partial charge in [0, 0.05) is 25.0 Å². The highest BCUT2D eigenvalue weighted by Gasteiger charge is 2.13. The first-order valence-electron chi connectivity index (χ1n) is 4.98. The zero-order chi connectivity index (χ0) is 12.1. The summed E-state index contributed by atoms with van der Waals surface area (Å²) in [5, 5.41) is 20.1. The first-order valence-corrected chi connectivity index (χ1v) is 4.98. The average Bonchev–Trinajstić information content (AvgIpc) is 2.28. The summed E-state index contributed by atoms with van der Waals surface area (Å²) >= 11 is 0. The molecule has 0 radical (unpaired) electrons. The number of hydrogen-bond acceptors (Lipinski definition) is 4. The second-order valence-electron chi connectivity index (χ2n) is 3.46. The highest BCUT2D eigenvalue weighted by Crippen LogP contribution is 2.20. The molecule has 0 spiro atoms. The molecule has 0 aromatic heterocycles. The van der Waals surface area contributed by atoms with Crippen LogP contribution in [-0.4, -0.2) is 15.8 Å². The summed E-state index contributed by atoms with van der Waals surface area (Å²) in [5.41, 5.74) is 0.491. The summed E-state index contributed by atoms with van der Waals surface area (Å²) < 4.78 is 0. The van der Waals surface area contributed by atoms with Gasteiger partial charge in [0.05, 0.1) is 11.0 Å². The molecule has 0 aliphatic heterocycles. The number of nitro benzene ring substituents is 1. The van der Waals surface area contributed by atoms with Crippen LogP contribution in [0.15, 0.2) is 24.3 Å².